The fraction of sp³-hybridized carbons (Fsp3) is 0.364. The van der Waals surface area contributed by atoms with Gasteiger partial charge in [-0.15, -0.1) is 10.2 Å². The molecule has 2 aromatic carbocycles. The van der Waals surface area contributed by atoms with Crippen LogP contribution in [0.15, 0.2) is 36.4 Å². The molecule has 1 atom stereocenters. The molecule has 0 aliphatic carbocycles. The van der Waals surface area contributed by atoms with Gasteiger partial charge in [0.2, 0.25) is 0 Å². The Labute approximate surface area is 196 Å². The van der Waals surface area contributed by atoms with Crippen molar-refractivity contribution < 1.29 is 36.5 Å². The molecule has 1 heterocycles. The van der Waals surface area contributed by atoms with E-state index in [0.29, 0.717) is 17.8 Å². The van der Waals surface area contributed by atoms with Crippen LogP contribution < -0.4 is 15.2 Å². The minimum Gasteiger partial charge on any atom is -0.493 e. The number of benzene rings is 2. The highest BCUT2D eigenvalue weighted by Crippen LogP contribution is 2.39. The van der Waals surface area contributed by atoms with Crippen LogP contribution in [-0.4, -0.2) is 35.1 Å². The zero-order chi connectivity index (χ0) is 24.9. The van der Waals surface area contributed by atoms with E-state index in [9.17, 15) is 27.1 Å². The normalized spacial score (nSPS) is 13.5. The summed E-state index contributed by atoms with van der Waals surface area (Å²) < 4.78 is 77.7. The van der Waals surface area contributed by atoms with Crippen molar-refractivity contribution in [2.75, 3.05) is 19.8 Å². The monoisotopic (exact) mass is 503 g/mol. The molecule has 1 unspecified atom stereocenters. The van der Waals surface area contributed by atoms with E-state index in [4.69, 9.17) is 15.2 Å². The summed E-state index contributed by atoms with van der Waals surface area (Å²) in [6.45, 7) is 1.24. The van der Waals surface area contributed by atoms with Crippen molar-refractivity contribution in [1.82, 2.24) is 10.2 Å². The first-order chi connectivity index (χ1) is 16.0. The van der Waals surface area contributed by atoms with Crippen molar-refractivity contribution in [1.29, 1.82) is 0 Å². The quantitative estimate of drug-likeness (QED) is 0.302. The van der Waals surface area contributed by atoms with Crippen LogP contribution >= 0.6 is 11.3 Å². The van der Waals surface area contributed by atoms with Crippen LogP contribution in [-0.2, 0) is 11.7 Å². The Morgan fingerprint density at radius 2 is 1.62 bits per heavy atom. The van der Waals surface area contributed by atoms with Crippen molar-refractivity contribution >= 4 is 11.3 Å². The lowest BCUT2D eigenvalue weighted by molar-refractivity contribution is -0.138. The van der Waals surface area contributed by atoms with Crippen LogP contribution in [0.25, 0.3) is 10.6 Å². The maximum Gasteiger partial charge on any atom is 0.419 e. The summed E-state index contributed by atoms with van der Waals surface area (Å²) in [6.07, 6.45) is -3.92. The first-order valence-corrected chi connectivity index (χ1v) is 11.0. The van der Waals surface area contributed by atoms with Gasteiger partial charge in [0.05, 0.1) is 30.9 Å². The van der Waals surface area contributed by atoms with Gasteiger partial charge in [-0.2, -0.15) is 13.2 Å². The Morgan fingerprint density at radius 3 is 2.24 bits per heavy atom. The van der Waals surface area contributed by atoms with Crippen LogP contribution in [0.4, 0.5) is 22.0 Å². The second-order valence-electron chi connectivity index (χ2n) is 7.71. The zero-order valence-corrected chi connectivity index (χ0v) is 18.8. The summed E-state index contributed by atoms with van der Waals surface area (Å²) in [5.74, 6) is -1.84. The van der Waals surface area contributed by atoms with Crippen LogP contribution in [0.2, 0.25) is 0 Å². The second kappa shape index (κ2) is 10.6. The number of rotatable bonds is 10. The fourth-order valence-electron chi connectivity index (χ4n) is 2.84. The second-order valence-corrected chi connectivity index (χ2v) is 8.68. The third-order valence-corrected chi connectivity index (χ3v) is 5.93. The summed E-state index contributed by atoms with van der Waals surface area (Å²) in [4.78, 5) is 0. The highest BCUT2D eigenvalue weighted by Gasteiger charge is 2.35. The van der Waals surface area contributed by atoms with Gasteiger partial charge in [-0.3, -0.25) is 0 Å². The topological polar surface area (TPSA) is 90.5 Å². The van der Waals surface area contributed by atoms with Crippen LogP contribution in [0.5, 0.6) is 11.5 Å². The first-order valence-electron chi connectivity index (χ1n) is 10.2. The van der Waals surface area contributed by atoms with E-state index in [1.165, 1.54) is 19.1 Å². The summed E-state index contributed by atoms with van der Waals surface area (Å²) in [5, 5.41) is 17.6. The highest BCUT2D eigenvalue weighted by molar-refractivity contribution is 7.14. The SMILES string of the molecule is CC(N)(CO)c1nnc(-c2ccc(OCCCCOc3cc(F)cc(F)c3)c(C(F)(F)F)c2)s1. The van der Waals surface area contributed by atoms with Crippen molar-refractivity contribution in [2.45, 2.75) is 31.5 Å². The molecule has 0 aliphatic rings. The van der Waals surface area contributed by atoms with E-state index in [1.54, 1.807) is 0 Å². The average Bonchev–Trinajstić information content (AvgIpc) is 3.26. The molecular formula is C22H22F5N3O3S. The number of unbranched alkanes of at least 4 members (excludes halogenated alkanes) is 1. The third kappa shape index (κ3) is 6.61. The molecular weight excluding hydrogens is 481 g/mol. The number of alkyl halides is 3. The maximum atomic E-state index is 13.6. The summed E-state index contributed by atoms with van der Waals surface area (Å²) in [5.41, 5.74) is 3.97. The Hall–Kier alpha value is -2.83. The van der Waals surface area contributed by atoms with E-state index >= 15 is 0 Å². The van der Waals surface area contributed by atoms with Crippen LogP contribution in [0.1, 0.15) is 30.3 Å². The fourth-order valence-corrected chi connectivity index (χ4v) is 3.73. The number of hydrogen-bond acceptors (Lipinski definition) is 7. The molecule has 3 rings (SSSR count). The van der Waals surface area contributed by atoms with Crippen LogP contribution in [0.3, 0.4) is 0 Å². The lowest BCUT2D eigenvalue weighted by Crippen LogP contribution is -2.36. The lowest BCUT2D eigenvalue weighted by Gasteiger charge is -2.17. The molecule has 12 heteroatoms. The van der Waals surface area contributed by atoms with E-state index in [2.05, 4.69) is 10.2 Å². The number of aromatic nitrogens is 2. The van der Waals surface area contributed by atoms with Gasteiger partial charge in [-0.05, 0) is 38.0 Å². The predicted octanol–water partition coefficient (Wildman–Crippen LogP) is 4.91. The smallest absolute Gasteiger partial charge is 0.419 e. The van der Waals surface area contributed by atoms with Gasteiger partial charge in [0, 0.05) is 23.8 Å². The number of hydrogen-bond donors (Lipinski definition) is 2. The average molecular weight is 503 g/mol. The van der Waals surface area contributed by atoms with Gasteiger partial charge < -0.3 is 20.3 Å². The molecule has 6 nitrogen and oxygen atoms in total. The molecule has 0 spiro atoms. The molecule has 0 aliphatic heterocycles. The highest BCUT2D eigenvalue weighted by atomic mass is 32.1. The molecule has 1 aromatic heterocycles. The van der Waals surface area contributed by atoms with Gasteiger partial charge in [-0.1, -0.05) is 11.3 Å². The molecule has 0 fully saturated rings. The third-order valence-electron chi connectivity index (χ3n) is 4.67. The van der Waals surface area contributed by atoms with Gasteiger partial charge in [0.1, 0.15) is 33.1 Å². The molecule has 184 valence electrons. The van der Waals surface area contributed by atoms with Gasteiger partial charge in [0.25, 0.3) is 0 Å². The van der Waals surface area contributed by atoms with Gasteiger partial charge in [0.15, 0.2) is 0 Å². The minimum absolute atomic E-state index is 0.0196. The van der Waals surface area contributed by atoms with E-state index in [1.807, 2.05) is 0 Å². The molecule has 0 saturated heterocycles. The van der Waals surface area contributed by atoms with Crippen molar-refractivity contribution in [3.05, 3.63) is 58.6 Å². The predicted molar refractivity (Wildman–Crippen MR) is 116 cm³/mol. The first kappa shape index (κ1) is 25.8. The lowest BCUT2D eigenvalue weighted by atomic mass is 10.1. The van der Waals surface area contributed by atoms with Crippen molar-refractivity contribution in [3.8, 4) is 22.1 Å². The van der Waals surface area contributed by atoms with Crippen molar-refractivity contribution in [2.24, 2.45) is 5.73 Å². The number of nitrogens with zero attached hydrogens (tertiary/aromatic N) is 2. The molecule has 0 bridgehead atoms. The number of ether oxygens (including phenoxy) is 2. The molecule has 0 radical (unpaired) electrons. The van der Waals surface area contributed by atoms with Gasteiger partial charge >= 0.3 is 6.18 Å². The molecule has 3 aromatic rings. The Bertz CT molecular complexity index is 1100. The largest absolute Gasteiger partial charge is 0.493 e. The molecule has 0 saturated carbocycles. The summed E-state index contributed by atoms with van der Waals surface area (Å²) >= 11 is 0.993. The van der Waals surface area contributed by atoms with Crippen LogP contribution in [0, 0.1) is 11.6 Å². The Morgan fingerprint density at radius 1 is 0.971 bits per heavy atom. The van der Waals surface area contributed by atoms with E-state index in [-0.39, 0.29) is 35.3 Å². The zero-order valence-electron chi connectivity index (χ0n) is 18.0. The van der Waals surface area contributed by atoms with Crippen molar-refractivity contribution in [3.63, 3.8) is 0 Å². The number of halogens is 5. The Kier molecular flexibility index (Phi) is 8.05. The minimum atomic E-state index is -4.67. The summed E-state index contributed by atoms with van der Waals surface area (Å²) in [6, 6.07) is 6.36. The number of aliphatic hydroxyl groups excluding tert-OH is 1. The Balaban J connectivity index is 1.61. The number of aliphatic hydroxyl groups is 1. The standard InChI is InChI=1S/C22H22F5N3O3S/c1-21(28,12-31)20-30-29-19(34-20)13-4-5-18(17(8-13)22(25,26)27)33-7-3-2-6-32-16-10-14(23)9-15(24)11-16/h4-5,8-11,31H,2-3,6-7,12,28H2,1H3. The molecule has 34 heavy (non-hydrogen) atoms. The van der Waals surface area contributed by atoms with E-state index in [0.717, 1.165) is 35.6 Å². The summed E-state index contributed by atoms with van der Waals surface area (Å²) in [7, 11) is 0. The molecule has 0 amide bonds. The molecule has 3 N–H and O–H groups in total. The van der Waals surface area contributed by atoms with E-state index < -0.39 is 35.5 Å². The van der Waals surface area contributed by atoms with Gasteiger partial charge in [-0.25, -0.2) is 8.78 Å². The number of nitrogens with two attached hydrogens (primary N) is 1. The maximum absolute atomic E-state index is 13.6.